The molecule has 3 atom stereocenters. The lowest BCUT2D eigenvalue weighted by atomic mass is 9.85. The third-order valence-corrected chi connectivity index (χ3v) is 7.61. The molecule has 3 aromatic carbocycles. The number of fused-ring (bicyclic) bond motifs is 3. The molecule has 158 valence electrons. The highest BCUT2D eigenvalue weighted by Crippen LogP contribution is 2.68. The summed E-state index contributed by atoms with van der Waals surface area (Å²) in [6.45, 7) is 2.46. The Morgan fingerprint density at radius 3 is 2.55 bits per heavy atom. The van der Waals surface area contributed by atoms with Gasteiger partial charge in [0.1, 0.15) is 5.75 Å². The molecule has 3 aromatic rings. The van der Waals surface area contributed by atoms with Crippen LogP contribution in [0.5, 0.6) is 5.75 Å². The summed E-state index contributed by atoms with van der Waals surface area (Å²) in [4.78, 5) is 11.1. The molecule has 1 N–H and O–H groups in total. The van der Waals surface area contributed by atoms with Crippen LogP contribution in [0.1, 0.15) is 45.1 Å². The van der Waals surface area contributed by atoms with E-state index in [0.29, 0.717) is 11.5 Å². The van der Waals surface area contributed by atoms with Crippen LogP contribution in [0.4, 0.5) is 0 Å². The molecule has 0 aliphatic heterocycles. The molecule has 3 nitrogen and oxygen atoms in total. The summed E-state index contributed by atoms with van der Waals surface area (Å²) >= 11 is 0. The molecule has 0 heterocycles. The Hall–Kier alpha value is -3.07. The molecule has 0 spiro atoms. The van der Waals surface area contributed by atoms with Crippen molar-refractivity contribution < 1.29 is 14.6 Å². The molecule has 3 unspecified atom stereocenters. The second-order valence-corrected chi connectivity index (χ2v) is 9.21. The Morgan fingerprint density at radius 1 is 1.03 bits per heavy atom. The zero-order valence-electron chi connectivity index (χ0n) is 18.1. The number of hydrogen-bond acceptors (Lipinski definition) is 2. The fraction of sp³-hybridized carbons (Fsp3) is 0.321. The molecule has 1 fully saturated rings. The molecule has 31 heavy (non-hydrogen) atoms. The first-order chi connectivity index (χ1) is 15.0. The topological polar surface area (TPSA) is 46.5 Å². The van der Waals surface area contributed by atoms with Crippen LogP contribution in [0.25, 0.3) is 0 Å². The summed E-state index contributed by atoms with van der Waals surface area (Å²) < 4.78 is 5.41. The van der Waals surface area contributed by atoms with Crippen molar-refractivity contribution in [2.45, 2.75) is 38.0 Å². The lowest BCUT2D eigenvalue weighted by molar-refractivity contribution is 0.0697. The van der Waals surface area contributed by atoms with E-state index in [0.717, 1.165) is 30.9 Å². The number of carboxylic acids is 1. The molecule has 2 aliphatic rings. The van der Waals surface area contributed by atoms with E-state index in [-0.39, 0.29) is 5.41 Å². The van der Waals surface area contributed by atoms with Crippen molar-refractivity contribution in [3.8, 4) is 5.75 Å². The smallest absolute Gasteiger partial charge is 0.335 e. The Balaban J connectivity index is 1.34. The van der Waals surface area contributed by atoms with E-state index < -0.39 is 5.97 Å². The second-order valence-electron chi connectivity index (χ2n) is 9.21. The number of carboxylic acid groups (broad SMARTS) is 1. The molecule has 0 saturated heterocycles. The van der Waals surface area contributed by atoms with Gasteiger partial charge in [-0.15, -0.1) is 0 Å². The highest BCUT2D eigenvalue weighted by molar-refractivity contribution is 5.87. The summed E-state index contributed by atoms with van der Waals surface area (Å²) in [6, 6.07) is 22.6. The third kappa shape index (κ3) is 3.42. The van der Waals surface area contributed by atoms with Gasteiger partial charge < -0.3 is 9.84 Å². The van der Waals surface area contributed by atoms with Crippen molar-refractivity contribution in [3.63, 3.8) is 0 Å². The van der Waals surface area contributed by atoms with Gasteiger partial charge in [-0.25, -0.2) is 4.79 Å². The predicted molar refractivity (Wildman–Crippen MR) is 122 cm³/mol. The molecule has 0 radical (unpaired) electrons. The number of hydrogen-bond donors (Lipinski definition) is 1. The normalized spacial score (nSPS) is 23.2. The van der Waals surface area contributed by atoms with E-state index >= 15 is 0 Å². The van der Waals surface area contributed by atoms with Gasteiger partial charge in [0, 0.05) is 0 Å². The van der Waals surface area contributed by atoms with Crippen LogP contribution in [0.2, 0.25) is 0 Å². The monoisotopic (exact) mass is 412 g/mol. The number of methoxy groups -OCH3 is 1. The van der Waals surface area contributed by atoms with E-state index in [9.17, 15) is 4.79 Å². The maximum atomic E-state index is 11.1. The average molecular weight is 413 g/mol. The van der Waals surface area contributed by atoms with Gasteiger partial charge >= 0.3 is 5.97 Å². The minimum Gasteiger partial charge on any atom is -0.497 e. The van der Waals surface area contributed by atoms with Crippen LogP contribution >= 0.6 is 0 Å². The quantitative estimate of drug-likeness (QED) is 0.559. The Morgan fingerprint density at radius 2 is 1.81 bits per heavy atom. The van der Waals surface area contributed by atoms with Crippen molar-refractivity contribution in [2.75, 3.05) is 7.11 Å². The molecule has 0 bridgehead atoms. The first-order valence-electron chi connectivity index (χ1n) is 11.1. The van der Waals surface area contributed by atoms with Crippen molar-refractivity contribution in [2.24, 2.45) is 11.8 Å². The number of aromatic carboxylic acids is 1. The molecule has 5 rings (SSSR count). The number of carbonyl (C=O) groups is 1. The van der Waals surface area contributed by atoms with Gasteiger partial charge in [0.05, 0.1) is 12.7 Å². The minimum atomic E-state index is -0.873. The van der Waals surface area contributed by atoms with Gasteiger partial charge in [0.25, 0.3) is 0 Å². The van der Waals surface area contributed by atoms with Crippen molar-refractivity contribution >= 4 is 5.97 Å². The van der Waals surface area contributed by atoms with Crippen LogP contribution < -0.4 is 4.74 Å². The van der Waals surface area contributed by atoms with E-state index in [2.05, 4.69) is 43.3 Å². The van der Waals surface area contributed by atoms with Gasteiger partial charge in [-0.1, -0.05) is 49.4 Å². The molecule has 0 aromatic heterocycles. The van der Waals surface area contributed by atoms with E-state index in [1.807, 2.05) is 18.2 Å². The van der Waals surface area contributed by atoms with E-state index in [4.69, 9.17) is 9.84 Å². The van der Waals surface area contributed by atoms with Gasteiger partial charge in [-0.05, 0) is 95.0 Å². The number of rotatable bonds is 7. The van der Waals surface area contributed by atoms with Gasteiger partial charge in [-0.2, -0.15) is 0 Å². The first kappa shape index (κ1) is 19.9. The fourth-order valence-corrected chi connectivity index (χ4v) is 5.88. The zero-order valence-corrected chi connectivity index (χ0v) is 18.1. The summed E-state index contributed by atoms with van der Waals surface area (Å²) in [6.07, 6.45) is 4.20. The summed E-state index contributed by atoms with van der Waals surface area (Å²) in [7, 11) is 1.73. The highest BCUT2D eigenvalue weighted by atomic mass is 16.5. The maximum absolute atomic E-state index is 11.1. The largest absolute Gasteiger partial charge is 0.497 e. The van der Waals surface area contributed by atoms with E-state index in [1.54, 1.807) is 24.8 Å². The zero-order chi connectivity index (χ0) is 21.6. The van der Waals surface area contributed by atoms with Gasteiger partial charge in [0.2, 0.25) is 0 Å². The second kappa shape index (κ2) is 7.56. The Bertz CT molecular complexity index is 1130. The number of aryl methyl sites for hydroxylation is 2. The van der Waals surface area contributed by atoms with Crippen LogP contribution in [0, 0.1) is 11.8 Å². The third-order valence-electron chi connectivity index (χ3n) is 7.61. The van der Waals surface area contributed by atoms with Crippen LogP contribution in [-0.4, -0.2) is 18.2 Å². The SMILES string of the molecule is COc1cccc(CC2C3Cc4cccc(CCc5ccc(C(=O)O)cc5)c4C23C)c1. The predicted octanol–water partition coefficient (Wildman–Crippen LogP) is 5.48. The summed E-state index contributed by atoms with van der Waals surface area (Å²) in [5, 5.41) is 9.10. The molecular weight excluding hydrogens is 384 g/mol. The Labute approximate surface area is 183 Å². The standard InChI is InChI=1S/C28H28O3/c1-28-24(16-19-5-3-8-23(15-19)31-2)25(28)17-22-7-4-6-20(26(22)28)12-9-18-10-13-21(14-11-18)27(29)30/h3-8,10-11,13-15,24-25H,9,12,16-17H2,1-2H3,(H,29,30). The van der Waals surface area contributed by atoms with Crippen LogP contribution in [0.15, 0.2) is 66.7 Å². The Kier molecular flexibility index (Phi) is 4.85. The molecule has 0 amide bonds. The summed E-state index contributed by atoms with van der Waals surface area (Å²) in [5.41, 5.74) is 7.71. The molecule has 3 heteroatoms. The lowest BCUT2D eigenvalue weighted by Crippen LogP contribution is -2.11. The minimum absolute atomic E-state index is 0.266. The molecule has 2 aliphatic carbocycles. The number of benzene rings is 3. The fourth-order valence-electron chi connectivity index (χ4n) is 5.88. The van der Waals surface area contributed by atoms with E-state index in [1.165, 1.54) is 28.7 Å². The van der Waals surface area contributed by atoms with Crippen molar-refractivity contribution in [1.29, 1.82) is 0 Å². The van der Waals surface area contributed by atoms with Gasteiger partial charge in [-0.3, -0.25) is 0 Å². The van der Waals surface area contributed by atoms with Crippen molar-refractivity contribution in [3.05, 3.63) is 100 Å². The molecular formula is C28H28O3. The molecule has 1 saturated carbocycles. The first-order valence-corrected chi connectivity index (χ1v) is 11.1. The van der Waals surface area contributed by atoms with Gasteiger partial charge in [0.15, 0.2) is 0 Å². The van der Waals surface area contributed by atoms with Crippen molar-refractivity contribution in [1.82, 2.24) is 0 Å². The highest BCUT2D eigenvalue weighted by Gasteiger charge is 2.65. The number of ether oxygens (including phenoxy) is 1. The average Bonchev–Trinajstić information content (AvgIpc) is 3.18. The summed E-state index contributed by atoms with van der Waals surface area (Å²) in [5.74, 6) is 1.47. The lowest BCUT2D eigenvalue weighted by Gasteiger charge is -2.19. The maximum Gasteiger partial charge on any atom is 0.335 e. The van der Waals surface area contributed by atoms with Crippen LogP contribution in [0.3, 0.4) is 0 Å². The van der Waals surface area contributed by atoms with Crippen LogP contribution in [-0.2, 0) is 31.1 Å².